The Labute approximate surface area is 566 Å². The molecule has 0 heterocycles. The fourth-order valence-electron chi connectivity index (χ4n) is 14.5. The molecular formula is C86H94O10. The van der Waals surface area contributed by atoms with Gasteiger partial charge < -0.3 is 51.1 Å². The van der Waals surface area contributed by atoms with Gasteiger partial charge in [-0.1, -0.05) is 197 Å². The lowest BCUT2D eigenvalue weighted by Gasteiger charge is -2.32. The second kappa shape index (κ2) is 29.5. The molecule has 10 N–H and O–H groups in total. The third kappa shape index (κ3) is 15.3. The van der Waals surface area contributed by atoms with Crippen LogP contribution in [0.1, 0.15) is 249 Å². The zero-order valence-corrected chi connectivity index (χ0v) is 57.1. The number of hydrogen-bond donors (Lipinski definition) is 10. The van der Waals surface area contributed by atoms with Crippen molar-refractivity contribution in [1.29, 1.82) is 0 Å². The molecule has 0 aliphatic rings. The first-order valence-electron chi connectivity index (χ1n) is 33.9. The number of hydrogen-bond acceptors (Lipinski definition) is 10. The van der Waals surface area contributed by atoms with Crippen LogP contribution < -0.4 is 0 Å². The molecular weight excluding hydrogens is 1190 g/mol. The molecule has 10 aromatic carbocycles. The fraction of sp³-hybridized carbons (Fsp3) is 0.302. The first-order valence-corrected chi connectivity index (χ1v) is 33.9. The van der Waals surface area contributed by atoms with Crippen molar-refractivity contribution in [2.45, 2.75) is 155 Å². The first-order chi connectivity index (χ1) is 45.7. The molecule has 10 heteroatoms. The molecule has 0 saturated heterocycles. The topological polar surface area (TPSA) is 202 Å². The van der Waals surface area contributed by atoms with E-state index in [2.05, 4.69) is 66.7 Å². The molecule has 0 saturated carbocycles. The summed E-state index contributed by atoms with van der Waals surface area (Å²) in [5, 5.41) is 112. The maximum absolute atomic E-state index is 12.5. The normalized spacial score (nSPS) is 14.9. The van der Waals surface area contributed by atoms with Crippen LogP contribution in [0.25, 0.3) is 0 Å². The monoisotopic (exact) mass is 1290 g/mol. The maximum atomic E-state index is 12.5. The van der Waals surface area contributed by atoms with E-state index >= 15 is 0 Å². The minimum absolute atomic E-state index is 0.00409. The largest absolute Gasteiger partial charge is 0.508 e. The molecule has 0 fully saturated rings. The van der Waals surface area contributed by atoms with E-state index in [4.69, 9.17) is 0 Å². The van der Waals surface area contributed by atoms with Crippen molar-refractivity contribution in [2.75, 3.05) is 0 Å². The summed E-state index contributed by atoms with van der Waals surface area (Å²) >= 11 is 0. The zero-order chi connectivity index (χ0) is 69.0. The summed E-state index contributed by atoms with van der Waals surface area (Å²) < 4.78 is 0. The van der Waals surface area contributed by atoms with Gasteiger partial charge in [0.1, 0.15) is 57.5 Å². The van der Waals surface area contributed by atoms with E-state index in [9.17, 15) is 51.1 Å². The Bertz CT molecular complexity index is 4210. The van der Waals surface area contributed by atoms with E-state index < -0.39 is 0 Å². The lowest BCUT2D eigenvalue weighted by atomic mass is 9.73. The molecule has 0 radical (unpaired) electrons. The fourth-order valence-corrected chi connectivity index (χ4v) is 14.5. The van der Waals surface area contributed by atoms with Gasteiger partial charge >= 0.3 is 0 Å². The van der Waals surface area contributed by atoms with Crippen LogP contribution in [0.5, 0.6) is 57.5 Å². The highest BCUT2D eigenvalue weighted by Gasteiger charge is 2.32. The van der Waals surface area contributed by atoms with Crippen molar-refractivity contribution in [3.63, 3.8) is 0 Å². The smallest absolute Gasteiger partial charge is 0.123 e. The Hall–Kier alpha value is -9.80. The number of phenolic OH excluding ortho intramolecular Hbond substituents is 10. The predicted molar refractivity (Wildman–Crippen MR) is 385 cm³/mol. The quantitative estimate of drug-likeness (QED) is 0.0277. The zero-order valence-electron chi connectivity index (χ0n) is 57.1. The van der Waals surface area contributed by atoms with Gasteiger partial charge in [0.15, 0.2) is 0 Å². The highest BCUT2D eigenvalue weighted by atomic mass is 16.3. The average molecular weight is 1290 g/mol. The van der Waals surface area contributed by atoms with E-state index in [1.807, 2.05) is 143 Å². The number of phenols is 10. The molecule has 10 aromatic rings. The maximum Gasteiger partial charge on any atom is 0.123 e. The van der Waals surface area contributed by atoms with E-state index in [0.29, 0.717) is 22.6 Å². The van der Waals surface area contributed by atoms with Gasteiger partial charge in [-0.3, -0.25) is 0 Å². The Morgan fingerprint density at radius 1 is 0.219 bits per heavy atom. The summed E-state index contributed by atoms with van der Waals surface area (Å²) in [7, 11) is 0. The number of rotatable bonds is 24. The van der Waals surface area contributed by atoms with Gasteiger partial charge in [0.25, 0.3) is 0 Å². The van der Waals surface area contributed by atoms with Crippen molar-refractivity contribution < 1.29 is 51.1 Å². The SMILES string of the molecule is CC(C)CC(CC(CC(c1ccc(O)c(C(C)c2cc(C(C)c3ccc(O)cc3)c(O)c(C(C)c3ccc(O)c(C(C)c4ccc(O)cc4)c3)c2)c1)C(C)C)c1ccc(O)cc1)c1ccc(O)c(C(C)c2cc(C(C)c3ccc(O)cc3)c(O)c(C(C)c3ccc(O)cc3)c2)c1. The van der Waals surface area contributed by atoms with E-state index in [1.165, 1.54) is 0 Å². The molecule has 0 aliphatic carbocycles. The lowest BCUT2D eigenvalue weighted by molar-refractivity contribution is 0.376. The third-order valence-electron chi connectivity index (χ3n) is 20.8. The molecule has 0 amide bonds. The van der Waals surface area contributed by atoms with Crippen molar-refractivity contribution in [1.82, 2.24) is 0 Å². The highest BCUT2D eigenvalue weighted by Crippen LogP contribution is 2.49. The van der Waals surface area contributed by atoms with Crippen molar-refractivity contribution in [3.05, 3.63) is 295 Å². The van der Waals surface area contributed by atoms with Gasteiger partial charge in [-0.25, -0.2) is 0 Å². The van der Waals surface area contributed by atoms with Crippen LogP contribution in [0, 0.1) is 11.8 Å². The third-order valence-corrected chi connectivity index (χ3v) is 20.8. The minimum atomic E-state index is -0.362. The van der Waals surface area contributed by atoms with Crippen LogP contribution >= 0.6 is 0 Å². The molecule has 10 nitrogen and oxygen atoms in total. The molecule has 0 bridgehead atoms. The molecule has 0 aromatic heterocycles. The Balaban J connectivity index is 1.01. The van der Waals surface area contributed by atoms with E-state index in [1.54, 1.807) is 66.7 Å². The van der Waals surface area contributed by atoms with Crippen LogP contribution in [-0.4, -0.2) is 51.1 Å². The Kier molecular flexibility index (Phi) is 21.2. The van der Waals surface area contributed by atoms with Crippen LogP contribution in [-0.2, 0) is 0 Å². The van der Waals surface area contributed by atoms with Crippen LogP contribution in [0.3, 0.4) is 0 Å². The Morgan fingerprint density at radius 2 is 0.458 bits per heavy atom. The van der Waals surface area contributed by atoms with Gasteiger partial charge in [-0.15, -0.1) is 0 Å². The van der Waals surface area contributed by atoms with Gasteiger partial charge in [-0.05, 0) is 183 Å². The molecule has 96 heavy (non-hydrogen) atoms. The van der Waals surface area contributed by atoms with Crippen molar-refractivity contribution in [3.8, 4) is 57.5 Å². The van der Waals surface area contributed by atoms with Gasteiger partial charge in [0, 0.05) is 80.4 Å². The van der Waals surface area contributed by atoms with E-state index in [0.717, 1.165) is 97.2 Å². The number of aromatic hydroxyl groups is 10. The average Bonchev–Trinajstić information content (AvgIpc) is 0.779. The minimum Gasteiger partial charge on any atom is -0.508 e. The van der Waals surface area contributed by atoms with Crippen LogP contribution in [0.15, 0.2) is 200 Å². The van der Waals surface area contributed by atoms with Gasteiger partial charge in [0.05, 0.1) is 0 Å². The summed E-state index contributed by atoms with van der Waals surface area (Å²) in [6, 6.07) is 61.5. The molecule has 10 atom stereocenters. The Morgan fingerprint density at radius 3 is 0.792 bits per heavy atom. The highest BCUT2D eigenvalue weighted by molar-refractivity contribution is 5.58. The molecule has 0 aliphatic heterocycles. The molecule has 0 spiro atoms. The van der Waals surface area contributed by atoms with Gasteiger partial charge in [-0.2, -0.15) is 0 Å². The second-order valence-corrected chi connectivity index (χ2v) is 27.9. The summed E-state index contributed by atoms with van der Waals surface area (Å²) in [5.74, 6) is -0.00690. The lowest BCUT2D eigenvalue weighted by Crippen LogP contribution is -2.16. The molecule has 10 unspecified atom stereocenters. The van der Waals surface area contributed by atoms with Crippen molar-refractivity contribution >= 4 is 0 Å². The standard InChI is InChI=1S/C86H94O10/c1-48(2)38-67(63-23-36-83(93)76(41-63)55(10)65-43-78(51(6)58-14-27-70(88)28-15-58)85(95)79(44-65)52(7)59-16-29-71(89)30-17-59)39-68(61-20-33-73(91)34-21-61)47-74(49(3)4)64-24-37-84(94)77(42-64)56(11)66-45-80(53(8)60-18-31-72(90)32-19-60)86(96)81(46-66)54(9)62-22-35-82(92)75(40-62)50(5)57-12-25-69(87)26-13-57/h12-37,40-46,48-56,67-68,74,87-96H,38-39,47H2,1-11H3. The summed E-state index contributed by atoms with van der Waals surface area (Å²) in [4.78, 5) is 0. The second-order valence-electron chi connectivity index (χ2n) is 27.9. The first kappa shape index (κ1) is 69.0. The summed E-state index contributed by atoms with van der Waals surface area (Å²) in [6.45, 7) is 23.4. The van der Waals surface area contributed by atoms with Gasteiger partial charge in [0.2, 0.25) is 0 Å². The van der Waals surface area contributed by atoms with E-state index in [-0.39, 0.29) is 123 Å². The van der Waals surface area contributed by atoms with Crippen LogP contribution in [0.4, 0.5) is 0 Å². The van der Waals surface area contributed by atoms with Crippen molar-refractivity contribution in [2.24, 2.45) is 11.8 Å². The molecule has 10 rings (SSSR count). The number of benzene rings is 10. The van der Waals surface area contributed by atoms with Crippen LogP contribution in [0.2, 0.25) is 0 Å². The predicted octanol–water partition coefficient (Wildman–Crippen LogP) is 20.9. The summed E-state index contributed by atoms with van der Waals surface area (Å²) in [6.07, 6.45) is 2.35. The summed E-state index contributed by atoms with van der Waals surface area (Å²) in [5.41, 5.74) is 14.6. The molecule has 498 valence electrons.